The fourth-order valence-corrected chi connectivity index (χ4v) is 1.11. The van der Waals surface area contributed by atoms with Gasteiger partial charge >= 0.3 is 0 Å². The molecule has 3 heteroatoms. The molecule has 1 N–H and O–H groups in total. The van der Waals surface area contributed by atoms with E-state index in [4.69, 9.17) is 11.8 Å². The molecule has 1 rings (SSSR count). The van der Waals surface area contributed by atoms with Crippen molar-refractivity contribution in [1.82, 2.24) is 4.84 Å². The Morgan fingerprint density at radius 2 is 2.08 bits per heavy atom. The normalized spacial score (nSPS) is 12.4. The second-order valence-electron chi connectivity index (χ2n) is 2.54. The molecule has 0 unspecified atom stereocenters. The molecule has 0 saturated carbocycles. The predicted octanol–water partition coefficient (Wildman–Crippen LogP) is 1.54. The minimum absolute atomic E-state index is 0.297. The van der Waals surface area contributed by atoms with Gasteiger partial charge in [0.05, 0.1) is 6.04 Å². The molecule has 0 bridgehead atoms. The van der Waals surface area contributed by atoms with Crippen LogP contribution < -0.4 is 4.84 Å². The summed E-state index contributed by atoms with van der Waals surface area (Å²) in [7, 11) is 0. The van der Waals surface area contributed by atoms with Crippen molar-refractivity contribution in [3.05, 3.63) is 35.9 Å². The summed E-state index contributed by atoms with van der Waals surface area (Å²) >= 11 is 5.34. The first-order valence-corrected chi connectivity index (χ1v) is 4.10. The fraction of sp³-hybridized carbons (Fsp3) is 0.222. The molecule has 1 aromatic carbocycles. The standard InChI is InChI=1S/C9H10ClNO/c10-11-9(7-12)6-8-4-2-1-3-5-8/h1-5,7,9,11H,6H2/t9-/m1/s1. The molecule has 0 amide bonds. The summed E-state index contributed by atoms with van der Waals surface area (Å²) in [5, 5.41) is 0. The molecule has 64 valence electrons. The number of nitrogens with one attached hydrogen (secondary N) is 1. The number of carbonyl (C=O) groups excluding carboxylic acids is 1. The van der Waals surface area contributed by atoms with Gasteiger partial charge in [-0.2, -0.15) is 0 Å². The first kappa shape index (κ1) is 9.23. The number of hydrogen-bond acceptors (Lipinski definition) is 2. The quantitative estimate of drug-likeness (QED) is 0.567. The second-order valence-corrected chi connectivity index (χ2v) is 2.76. The molecular weight excluding hydrogens is 174 g/mol. The summed E-state index contributed by atoms with van der Waals surface area (Å²) in [5.74, 6) is 0. The Hall–Kier alpha value is -0.860. The minimum Gasteiger partial charge on any atom is -0.302 e. The van der Waals surface area contributed by atoms with E-state index in [2.05, 4.69) is 4.84 Å². The lowest BCUT2D eigenvalue weighted by molar-refractivity contribution is -0.109. The molecule has 1 atom stereocenters. The zero-order chi connectivity index (χ0) is 8.81. The SMILES string of the molecule is O=C[C@@H](Cc1ccccc1)NCl. The summed E-state index contributed by atoms with van der Waals surface area (Å²) < 4.78 is 0. The maximum absolute atomic E-state index is 10.4. The van der Waals surface area contributed by atoms with Crippen LogP contribution in [0.25, 0.3) is 0 Å². The highest BCUT2D eigenvalue weighted by Gasteiger charge is 2.04. The van der Waals surface area contributed by atoms with Gasteiger partial charge in [0.1, 0.15) is 6.29 Å². The van der Waals surface area contributed by atoms with E-state index in [1.54, 1.807) is 0 Å². The van der Waals surface area contributed by atoms with Crippen LogP contribution in [0.15, 0.2) is 30.3 Å². The average molecular weight is 184 g/mol. The summed E-state index contributed by atoms with van der Waals surface area (Å²) in [6, 6.07) is 9.44. The van der Waals surface area contributed by atoms with Crippen LogP contribution in [0.5, 0.6) is 0 Å². The Morgan fingerprint density at radius 3 is 2.58 bits per heavy atom. The molecule has 0 aliphatic carbocycles. The van der Waals surface area contributed by atoms with Gasteiger partial charge in [-0.3, -0.25) is 0 Å². The van der Waals surface area contributed by atoms with Gasteiger partial charge in [-0.1, -0.05) is 30.3 Å². The molecular formula is C9H10ClNO. The van der Waals surface area contributed by atoms with E-state index in [0.717, 1.165) is 11.8 Å². The third-order valence-corrected chi connectivity index (χ3v) is 1.88. The monoisotopic (exact) mass is 183 g/mol. The van der Waals surface area contributed by atoms with Crippen molar-refractivity contribution in [2.45, 2.75) is 12.5 Å². The summed E-state index contributed by atoms with van der Waals surface area (Å²) in [6.07, 6.45) is 1.44. The van der Waals surface area contributed by atoms with Crippen molar-refractivity contribution in [3.8, 4) is 0 Å². The maximum Gasteiger partial charge on any atom is 0.138 e. The van der Waals surface area contributed by atoms with E-state index >= 15 is 0 Å². The molecule has 0 radical (unpaired) electrons. The van der Waals surface area contributed by atoms with Gasteiger partial charge in [0, 0.05) is 0 Å². The van der Waals surface area contributed by atoms with Crippen LogP contribution in [0, 0.1) is 0 Å². The van der Waals surface area contributed by atoms with Crippen LogP contribution in [-0.4, -0.2) is 12.3 Å². The highest BCUT2D eigenvalue weighted by Crippen LogP contribution is 2.01. The zero-order valence-electron chi connectivity index (χ0n) is 6.53. The van der Waals surface area contributed by atoms with Crippen molar-refractivity contribution in [1.29, 1.82) is 0 Å². The lowest BCUT2D eigenvalue weighted by Crippen LogP contribution is -2.24. The molecule has 0 heterocycles. The lowest BCUT2D eigenvalue weighted by Gasteiger charge is -2.05. The molecule has 0 aliphatic heterocycles. The van der Waals surface area contributed by atoms with E-state index in [-0.39, 0.29) is 6.04 Å². The number of aldehydes is 1. The van der Waals surface area contributed by atoms with Crippen molar-refractivity contribution in [2.24, 2.45) is 0 Å². The van der Waals surface area contributed by atoms with Gasteiger partial charge in [-0.05, 0) is 23.8 Å². The fourth-order valence-electron chi connectivity index (χ4n) is 0.980. The van der Waals surface area contributed by atoms with E-state index in [1.807, 2.05) is 30.3 Å². The third-order valence-electron chi connectivity index (χ3n) is 1.60. The Labute approximate surface area is 76.7 Å². The largest absolute Gasteiger partial charge is 0.302 e. The molecule has 0 aliphatic rings. The van der Waals surface area contributed by atoms with Crippen LogP contribution in [0.4, 0.5) is 0 Å². The molecule has 0 spiro atoms. The molecule has 2 nitrogen and oxygen atoms in total. The average Bonchev–Trinajstić information content (AvgIpc) is 2.16. The Balaban J connectivity index is 2.56. The first-order valence-electron chi connectivity index (χ1n) is 3.72. The third kappa shape index (κ3) is 2.64. The van der Waals surface area contributed by atoms with E-state index in [9.17, 15) is 4.79 Å². The zero-order valence-corrected chi connectivity index (χ0v) is 7.29. The summed E-state index contributed by atoms with van der Waals surface area (Å²) in [5.41, 5.74) is 1.10. The number of carbonyl (C=O) groups is 1. The summed E-state index contributed by atoms with van der Waals surface area (Å²) in [6.45, 7) is 0. The highest BCUT2D eigenvalue weighted by molar-refractivity contribution is 6.14. The van der Waals surface area contributed by atoms with E-state index < -0.39 is 0 Å². The smallest absolute Gasteiger partial charge is 0.138 e. The van der Waals surface area contributed by atoms with Crippen LogP contribution >= 0.6 is 11.8 Å². The van der Waals surface area contributed by atoms with E-state index in [0.29, 0.717) is 6.42 Å². The summed E-state index contributed by atoms with van der Waals surface area (Å²) in [4.78, 5) is 12.8. The van der Waals surface area contributed by atoms with Crippen LogP contribution in [0.3, 0.4) is 0 Å². The number of hydrogen-bond donors (Lipinski definition) is 1. The molecule has 0 fully saturated rings. The lowest BCUT2D eigenvalue weighted by atomic mass is 10.1. The molecule has 0 aromatic heterocycles. The van der Waals surface area contributed by atoms with Gasteiger partial charge in [0.2, 0.25) is 0 Å². The van der Waals surface area contributed by atoms with Gasteiger partial charge in [-0.15, -0.1) is 0 Å². The second kappa shape index (κ2) is 4.91. The first-order chi connectivity index (χ1) is 5.86. The number of halogens is 1. The predicted molar refractivity (Wildman–Crippen MR) is 49.0 cm³/mol. The Bertz CT molecular complexity index is 238. The molecule has 1 aromatic rings. The maximum atomic E-state index is 10.4. The number of benzene rings is 1. The van der Waals surface area contributed by atoms with E-state index in [1.165, 1.54) is 0 Å². The van der Waals surface area contributed by atoms with Gasteiger partial charge < -0.3 is 4.79 Å². The highest BCUT2D eigenvalue weighted by atomic mass is 35.5. The van der Waals surface area contributed by atoms with Crippen molar-refractivity contribution in [3.63, 3.8) is 0 Å². The van der Waals surface area contributed by atoms with Gasteiger partial charge in [0.25, 0.3) is 0 Å². The van der Waals surface area contributed by atoms with Crippen LogP contribution in [0.2, 0.25) is 0 Å². The van der Waals surface area contributed by atoms with Gasteiger partial charge in [-0.25, -0.2) is 4.84 Å². The van der Waals surface area contributed by atoms with Crippen LogP contribution in [-0.2, 0) is 11.2 Å². The van der Waals surface area contributed by atoms with Crippen molar-refractivity contribution in [2.75, 3.05) is 0 Å². The minimum atomic E-state index is -0.297. The van der Waals surface area contributed by atoms with Crippen molar-refractivity contribution >= 4 is 18.1 Å². The number of rotatable bonds is 4. The Kier molecular flexibility index (Phi) is 3.77. The Morgan fingerprint density at radius 1 is 1.42 bits per heavy atom. The topological polar surface area (TPSA) is 29.1 Å². The molecule has 12 heavy (non-hydrogen) atoms. The van der Waals surface area contributed by atoms with Crippen molar-refractivity contribution < 1.29 is 4.79 Å². The van der Waals surface area contributed by atoms with Crippen LogP contribution in [0.1, 0.15) is 5.56 Å². The molecule has 0 saturated heterocycles. The van der Waals surface area contributed by atoms with Gasteiger partial charge in [0.15, 0.2) is 0 Å².